The number of hydrogen-bond donors (Lipinski definition) is 0. The van der Waals surface area contributed by atoms with Crippen LogP contribution in [0.15, 0.2) is 42.5 Å². The van der Waals surface area contributed by atoms with E-state index >= 15 is 0 Å². The molecule has 0 saturated carbocycles. The number of ether oxygens (including phenoxy) is 1. The summed E-state index contributed by atoms with van der Waals surface area (Å²) in [5.41, 5.74) is 0.336. The molecule has 0 bridgehead atoms. The molecule has 2 aromatic carbocycles. The first-order valence-electron chi connectivity index (χ1n) is 6.15. The van der Waals surface area contributed by atoms with Crippen LogP contribution in [0.1, 0.15) is 15.9 Å². The molecule has 0 saturated heterocycles. The highest BCUT2D eigenvalue weighted by Gasteiger charge is 2.10. The quantitative estimate of drug-likeness (QED) is 0.490. The average Bonchev–Trinajstić information content (AvgIpc) is 2.47. The Morgan fingerprint density at radius 2 is 1.95 bits per heavy atom. The van der Waals surface area contributed by atoms with Gasteiger partial charge in [-0.2, -0.15) is 5.26 Å². The second-order valence-electron chi connectivity index (χ2n) is 4.19. The molecule has 0 atom stereocenters. The monoisotopic (exact) mass is 285 g/mol. The van der Waals surface area contributed by atoms with Crippen molar-refractivity contribution >= 4 is 20.7 Å². The lowest BCUT2D eigenvalue weighted by Gasteiger charge is -2.05. The van der Waals surface area contributed by atoms with E-state index in [2.05, 4.69) is 6.55 Å². The van der Waals surface area contributed by atoms with E-state index in [9.17, 15) is 9.18 Å². The molecule has 0 aliphatic heterocycles. The number of rotatable bonds is 3. The molecule has 20 heavy (non-hydrogen) atoms. The number of halogens is 1. The minimum atomic E-state index is -0.704. The van der Waals surface area contributed by atoms with E-state index in [-0.39, 0.29) is 20.8 Å². The summed E-state index contributed by atoms with van der Waals surface area (Å²) < 4.78 is 18.5. The molecule has 0 N–H and O–H groups in total. The third-order valence-electron chi connectivity index (χ3n) is 2.87. The summed E-state index contributed by atoms with van der Waals surface area (Å²) in [5, 5.41) is 9.88. The average molecular weight is 285 g/mol. The van der Waals surface area contributed by atoms with Gasteiger partial charge >= 0.3 is 5.97 Å². The molecule has 0 amide bonds. The maximum atomic E-state index is 13.4. The number of benzene rings is 2. The summed E-state index contributed by atoms with van der Waals surface area (Å²) in [6.07, 6.45) is 0. The van der Waals surface area contributed by atoms with Crippen LogP contribution in [-0.2, 0) is 0 Å². The predicted octanol–water partition coefficient (Wildman–Crippen LogP) is 1.76. The fourth-order valence-electron chi connectivity index (χ4n) is 1.69. The van der Waals surface area contributed by atoms with Gasteiger partial charge in [0, 0.05) is 6.07 Å². The maximum Gasteiger partial charge on any atom is 0.343 e. The Morgan fingerprint density at radius 1 is 1.25 bits per heavy atom. The second kappa shape index (κ2) is 6.13. The molecule has 0 heterocycles. The van der Waals surface area contributed by atoms with Crippen molar-refractivity contribution in [3.8, 4) is 11.8 Å². The maximum absolute atomic E-state index is 13.4. The largest absolute Gasteiger partial charge is 0.423 e. The Kier molecular flexibility index (Phi) is 4.28. The van der Waals surface area contributed by atoms with Gasteiger partial charge in [0.25, 0.3) is 0 Å². The number of hydrogen-bond acceptors (Lipinski definition) is 3. The minimum Gasteiger partial charge on any atom is -0.423 e. The van der Waals surface area contributed by atoms with E-state index in [1.807, 2.05) is 12.1 Å². The second-order valence-corrected chi connectivity index (χ2v) is 5.72. The molecule has 0 aliphatic carbocycles. The van der Waals surface area contributed by atoms with Crippen LogP contribution in [0.5, 0.6) is 5.75 Å². The van der Waals surface area contributed by atoms with E-state index in [1.54, 1.807) is 18.2 Å². The number of esters is 1. The van der Waals surface area contributed by atoms with E-state index < -0.39 is 11.8 Å². The molecule has 0 fully saturated rings. The van der Waals surface area contributed by atoms with Crippen LogP contribution in [0, 0.1) is 17.1 Å². The topological polar surface area (TPSA) is 50.1 Å². The third-order valence-corrected chi connectivity index (χ3v) is 4.16. The molecule has 2 aromatic rings. The molecule has 0 aliphatic rings. The molecule has 0 spiro atoms. The minimum absolute atomic E-state index is 0.0814. The van der Waals surface area contributed by atoms with Crippen LogP contribution in [0.25, 0.3) is 0 Å². The van der Waals surface area contributed by atoms with Gasteiger partial charge in [0.1, 0.15) is 17.6 Å². The van der Waals surface area contributed by atoms with Crippen LogP contribution in [-0.4, -0.2) is 15.5 Å². The lowest BCUT2D eigenvalue weighted by Crippen LogP contribution is -2.13. The zero-order valence-electron chi connectivity index (χ0n) is 10.9. The lowest BCUT2D eigenvalue weighted by molar-refractivity contribution is 0.0734. The lowest BCUT2D eigenvalue weighted by atomic mass is 10.2. The molecule has 0 aromatic heterocycles. The van der Waals surface area contributed by atoms with Gasteiger partial charge in [0.2, 0.25) is 0 Å². The Labute approximate surface area is 118 Å². The number of carbonyl (C=O) groups excluding carboxylic acids is 1. The predicted molar refractivity (Wildman–Crippen MR) is 76.6 cm³/mol. The summed E-state index contributed by atoms with van der Waals surface area (Å²) in [5.74, 6) is -1.16. The van der Waals surface area contributed by atoms with Gasteiger partial charge in [-0.25, -0.2) is 9.18 Å². The third kappa shape index (κ3) is 3.11. The molecule has 100 valence electrons. The zero-order valence-corrected chi connectivity index (χ0v) is 12.3. The fraction of sp³-hybridized carbons (Fsp3) is 0.0667. The highest BCUT2D eigenvalue weighted by molar-refractivity contribution is 6.51. The van der Waals surface area contributed by atoms with E-state index in [0.29, 0.717) is 5.56 Å². The smallest absolute Gasteiger partial charge is 0.343 e. The molecular formula is C15H12FNO2Si. The normalized spacial score (nSPS) is 10.4. The van der Waals surface area contributed by atoms with Gasteiger partial charge in [0.15, 0.2) is 0 Å². The first-order chi connectivity index (χ1) is 9.63. The molecular weight excluding hydrogens is 273 g/mol. The van der Waals surface area contributed by atoms with Gasteiger partial charge in [0.05, 0.1) is 20.6 Å². The summed E-state index contributed by atoms with van der Waals surface area (Å²) >= 11 is 0. The van der Waals surface area contributed by atoms with Crippen LogP contribution >= 0.6 is 0 Å². The Morgan fingerprint density at radius 3 is 2.50 bits per heavy atom. The summed E-state index contributed by atoms with van der Waals surface area (Å²) in [4.78, 5) is 11.9. The molecule has 2 rings (SSSR count). The van der Waals surface area contributed by atoms with Gasteiger partial charge in [-0.05, 0) is 24.3 Å². The van der Waals surface area contributed by atoms with Gasteiger partial charge in [-0.1, -0.05) is 23.9 Å². The van der Waals surface area contributed by atoms with Gasteiger partial charge in [-0.15, -0.1) is 0 Å². The van der Waals surface area contributed by atoms with Crippen molar-refractivity contribution in [2.45, 2.75) is 6.55 Å². The summed E-state index contributed by atoms with van der Waals surface area (Å²) in [7, 11) is -0.251. The first-order valence-corrected chi connectivity index (χ1v) is 8.27. The fourth-order valence-corrected chi connectivity index (χ4v) is 2.40. The van der Waals surface area contributed by atoms with Crippen molar-refractivity contribution < 1.29 is 13.9 Å². The van der Waals surface area contributed by atoms with E-state index in [4.69, 9.17) is 10.00 Å². The van der Waals surface area contributed by atoms with E-state index in [1.165, 1.54) is 17.3 Å². The van der Waals surface area contributed by atoms with Crippen molar-refractivity contribution in [1.82, 2.24) is 0 Å². The Balaban J connectivity index is 2.15. The summed E-state index contributed by atoms with van der Waals surface area (Å²) in [6.45, 7) is 2.16. The van der Waals surface area contributed by atoms with Crippen molar-refractivity contribution in [2.75, 3.05) is 0 Å². The van der Waals surface area contributed by atoms with Gasteiger partial charge < -0.3 is 4.74 Å². The van der Waals surface area contributed by atoms with Crippen LogP contribution in [0.4, 0.5) is 4.39 Å². The molecule has 0 radical (unpaired) electrons. The molecule has 0 unspecified atom stereocenters. The first kappa shape index (κ1) is 14.0. The standard InChI is InChI=1S/C15H12FNO2Si/c1-20-13-6-3-10(4-7-13)15(18)19-12-5-2-11(9-17)14(16)8-12/h2-8H,20H2,1H3. The van der Waals surface area contributed by atoms with Gasteiger partial charge in [-0.3, -0.25) is 0 Å². The number of nitrogens with zero attached hydrogens (tertiary/aromatic N) is 1. The number of carbonyl (C=O) groups is 1. The molecule has 5 heteroatoms. The van der Waals surface area contributed by atoms with Crippen molar-refractivity contribution in [1.29, 1.82) is 5.26 Å². The highest BCUT2D eigenvalue weighted by Crippen LogP contribution is 2.17. The number of nitriles is 1. The Hall–Kier alpha value is -2.45. The van der Waals surface area contributed by atoms with E-state index in [0.717, 1.165) is 6.07 Å². The zero-order chi connectivity index (χ0) is 14.5. The SMILES string of the molecule is C[SiH2]c1ccc(C(=O)Oc2ccc(C#N)c(F)c2)cc1. The summed E-state index contributed by atoms with van der Waals surface area (Å²) in [6, 6.07) is 12.6. The van der Waals surface area contributed by atoms with Crippen LogP contribution < -0.4 is 9.92 Å². The Bertz CT molecular complexity index is 677. The van der Waals surface area contributed by atoms with Crippen molar-refractivity contribution in [2.24, 2.45) is 0 Å². The van der Waals surface area contributed by atoms with Crippen LogP contribution in [0.2, 0.25) is 6.55 Å². The molecule has 3 nitrogen and oxygen atoms in total. The van der Waals surface area contributed by atoms with Crippen molar-refractivity contribution in [3.05, 3.63) is 59.4 Å². The highest BCUT2D eigenvalue weighted by atomic mass is 28.2. The van der Waals surface area contributed by atoms with Crippen molar-refractivity contribution in [3.63, 3.8) is 0 Å². The van der Waals surface area contributed by atoms with Crippen LogP contribution in [0.3, 0.4) is 0 Å².